The minimum absolute atomic E-state index is 0.108. The van der Waals surface area contributed by atoms with E-state index >= 15 is 0 Å². The predicted molar refractivity (Wildman–Crippen MR) is 84.6 cm³/mol. The van der Waals surface area contributed by atoms with Crippen molar-refractivity contribution in [3.05, 3.63) is 59.0 Å². The minimum Gasteiger partial charge on any atom is -0.280 e. The van der Waals surface area contributed by atoms with E-state index in [1.165, 1.54) is 24.3 Å². The van der Waals surface area contributed by atoms with Crippen LogP contribution in [0, 0.1) is 6.92 Å². The number of hydrogen-bond acceptors (Lipinski definition) is 4. The van der Waals surface area contributed by atoms with Crippen LogP contribution >= 0.6 is 0 Å². The highest BCUT2D eigenvalue weighted by Crippen LogP contribution is 2.30. The van der Waals surface area contributed by atoms with Crippen molar-refractivity contribution in [1.29, 1.82) is 0 Å². The van der Waals surface area contributed by atoms with Crippen molar-refractivity contribution in [2.45, 2.75) is 16.7 Å². The van der Waals surface area contributed by atoms with Gasteiger partial charge in [-0.2, -0.15) is 0 Å². The molecule has 22 heavy (non-hydrogen) atoms. The summed E-state index contributed by atoms with van der Waals surface area (Å²) in [6, 6.07) is 10.9. The number of benzene rings is 2. The Morgan fingerprint density at radius 3 is 2.55 bits per heavy atom. The molecule has 0 aromatic heterocycles. The molecule has 0 saturated heterocycles. The maximum absolute atomic E-state index is 12.3. The molecule has 0 unspecified atom stereocenters. The van der Waals surface area contributed by atoms with Crippen molar-refractivity contribution in [3.8, 4) is 0 Å². The van der Waals surface area contributed by atoms with Crippen LogP contribution in [0.3, 0.4) is 0 Å². The van der Waals surface area contributed by atoms with Gasteiger partial charge in [0.1, 0.15) is 0 Å². The van der Waals surface area contributed by atoms with E-state index in [2.05, 4.69) is 4.72 Å². The smallest absolute Gasteiger partial charge is 0.261 e. The van der Waals surface area contributed by atoms with Crippen molar-refractivity contribution >= 4 is 31.6 Å². The molecule has 5 nitrogen and oxygen atoms in total. The lowest BCUT2D eigenvalue weighted by Crippen LogP contribution is -2.13. The molecule has 114 valence electrons. The molecule has 0 amide bonds. The van der Waals surface area contributed by atoms with Gasteiger partial charge in [0.05, 0.1) is 15.5 Å². The second kappa shape index (κ2) is 4.96. The van der Waals surface area contributed by atoms with Crippen molar-refractivity contribution in [1.82, 2.24) is 0 Å². The molecule has 0 atom stereocenters. The first-order valence-electron chi connectivity index (χ1n) is 6.45. The number of sulfonamides is 1. The quantitative estimate of drug-likeness (QED) is 0.935. The summed E-state index contributed by atoms with van der Waals surface area (Å²) < 4.78 is 50.7. The summed E-state index contributed by atoms with van der Waals surface area (Å²) in [6.07, 6.45) is 1.49. The molecule has 0 saturated carbocycles. The fourth-order valence-electron chi connectivity index (χ4n) is 2.21. The zero-order valence-corrected chi connectivity index (χ0v) is 13.3. The molecular weight excluding hydrogens is 322 g/mol. The summed E-state index contributed by atoms with van der Waals surface area (Å²) in [6.45, 7) is 1.80. The Kier molecular flexibility index (Phi) is 3.34. The van der Waals surface area contributed by atoms with E-state index in [0.29, 0.717) is 5.56 Å². The summed E-state index contributed by atoms with van der Waals surface area (Å²) in [7, 11) is -7.23. The van der Waals surface area contributed by atoms with E-state index in [-0.39, 0.29) is 15.5 Å². The molecule has 0 aliphatic carbocycles. The first-order chi connectivity index (χ1) is 10.3. The Morgan fingerprint density at radius 1 is 1.05 bits per heavy atom. The van der Waals surface area contributed by atoms with E-state index in [4.69, 9.17) is 0 Å². The number of sulfone groups is 1. The average molecular weight is 335 g/mol. The Bertz CT molecular complexity index is 990. The molecule has 1 N–H and O–H groups in total. The van der Waals surface area contributed by atoms with Crippen LogP contribution in [0.25, 0.3) is 6.08 Å². The minimum atomic E-state index is -3.76. The summed E-state index contributed by atoms with van der Waals surface area (Å²) in [5, 5.41) is 1.11. The molecule has 0 spiro atoms. The zero-order chi connectivity index (χ0) is 16.0. The van der Waals surface area contributed by atoms with Gasteiger partial charge >= 0.3 is 0 Å². The summed E-state index contributed by atoms with van der Waals surface area (Å²) >= 11 is 0. The van der Waals surface area contributed by atoms with Crippen molar-refractivity contribution < 1.29 is 16.8 Å². The molecule has 7 heteroatoms. The maximum Gasteiger partial charge on any atom is 0.261 e. The third-order valence-electron chi connectivity index (χ3n) is 3.30. The zero-order valence-electron chi connectivity index (χ0n) is 11.6. The molecule has 0 fully saturated rings. The van der Waals surface area contributed by atoms with Crippen LogP contribution < -0.4 is 4.72 Å². The van der Waals surface area contributed by atoms with Crippen LogP contribution in [0.5, 0.6) is 0 Å². The Hall–Kier alpha value is -2.12. The lowest BCUT2D eigenvalue weighted by atomic mass is 10.2. The molecule has 0 radical (unpaired) electrons. The van der Waals surface area contributed by atoms with Crippen LogP contribution in [0.2, 0.25) is 0 Å². The number of nitrogens with one attached hydrogen (secondary N) is 1. The van der Waals surface area contributed by atoms with E-state index in [0.717, 1.165) is 11.0 Å². The van der Waals surface area contributed by atoms with Crippen LogP contribution in [0.4, 0.5) is 5.69 Å². The van der Waals surface area contributed by atoms with Gasteiger partial charge in [0.2, 0.25) is 9.84 Å². The van der Waals surface area contributed by atoms with Gasteiger partial charge in [0.25, 0.3) is 10.0 Å². The number of aryl methyl sites for hydroxylation is 1. The monoisotopic (exact) mass is 335 g/mol. The largest absolute Gasteiger partial charge is 0.280 e. The van der Waals surface area contributed by atoms with Crippen molar-refractivity contribution in [2.75, 3.05) is 4.72 Å². The number of fused-ring (bicyclic) bond motifs is 1. The Labute approximate surface area is 129 Å². The van der Waals surface area contributed by atoms with E-state index in [1.54, 1.807) is 31.2 Å². The second-order valence-electron chi connectivity index (χ2n) is 5.02. The topological polar surface area (TPSA) is 80.3 Å². The number of hydrogen-bond donors (Lipinski definition) is 1. The highest BCUT2D eigenvalue weighted by molar-refractivity contribution is 7.95. The van der Waals surface area contributed by atoms with E-state index < -0.39 is 19.9 Å². The van der Waals surface area contributed by atoms with E-state index in [9.17, 15) is 16.8 Å². The van der Waals surface area contributed by atoms with Crippen LogP contribution in [0.1, 0.15) is 11.1 Å². The van der Waals surface area contributed by atoms with Crippen LogP contribution in [0.15, 0.2) is 57.7 Å². The van der Waals surface area contributed by atoms with Gasteiger partial charge in [0, 0.05) is 5.41 Å². The number of rotatable bonds is 3. The van der Waals surface area contributed by atoms with Gasteiger partial charge in [-0.1, -0.05) is 18.2 Å². The molecule has 3 rings (SSSR count). The molecule has 1 aliphatic rings. The maximum atomic E-state index is 12.3. The third kappa shape index (κ3) is 2.65. The van der Waals surface area contributed by atoms with Crippen LogP contribution in [-0.4, -0.2) is 16.8 Å². The average Bonchev–Trinajstić information content (AvgIpc) is 2.74. The summed E-state index contributed by atoms with van der Waals surface area (Å²) in [5.74, 6) is 0. The van der Waals surface area contributed by atoms with Gasteiger partial charge in [-0.05, 0) is 48.4 Å². The highest BCUT2D eigenvalue weighted by atomic mass is 32.2. The predicted octanol–water partition coefficient (Wildman–Crippen LogP) is 2.55. The molecule has 2 aromatic rings. The summed E-state index contributed by atoms with van der Waals surface area (Å²) in [5.41, 5.74) is 1.59. The van der Waals surface area contributed by atoms with Gasteiger partial charge < -0.3 is 0 Å². The molecule has 0 bridgehead atoms. The lowest BCUT2D eigenvalue weighted by molar-refractivity contribution is 0.600. The fraction of sp³-hybridized carbons (Fsp3) is 0.0667. The Balaban J connectivity index is 1.98. The normalized spacial score (nSPS) is 15.5. The third-order valence-corrected chi connectivity index (χ3v) is 6.14. The van der Waals surface area contributed by atoms with Crippen molar-refractivity contribution in [2.24, 2.45) is 0 Å². The van der Waals surface area contributed by atoms with Gasteiger partial charge in [-0.25, -0.2) is 16.8 Å². The summed E-state index contributed by atoms with van der Waals surface area (Å²) in [4.78, 5) is 0.242. The fourth-order valence-corrected chi connectivity index (χ4v) is 4.60. The van der Waals surface area contributed by atoms with Crippen molar-refractivity contribution in [3.63, 3.8) is 0 Å². The van der Waals surface area contributed by atoms with E-state index in [1.807, 2.05) is 0 Å². The van der Waals surface area contributed by atoms with Crippen LogP contribution in [-0.2, 0) is 19.9 Å². The number of anilines is 1. The Morgan fingerprint density at radius 2 is 1.82 bits per heavy atom. The van der Waals surface area contributed by atoms with Gasteiger partial charge in [0.15, 0.2) is 0 Å². The first-order valence-corrected chi connectivity index (χ1v) is 9.48. The standard InChI is InChI=1S/C15H13NO4S2/c1-11-3-2-4-14(9-11)22(19,20)16-13-6-5-12-7-8-21(17,18)15(12)10-13/h2-10,16H,1H3. The molecule has 1 aliphatic heterocycles. The lowest BCUT2D eigenvalue weighted by Gasteiger charge is -2.10. The first kappa shape index (κ1) is 14.8. The molecule has 2 aromatic carbocycles. The highest BCUT2D eigenvalue weighted by Gasteiger charge is 2.22. The second-order valence-corrected chi connectivity index (χ2v) is 8.51. The SMILES string of the molecule is Cc1cccc(S(=O)(=O)Nc2ccc3c(c2)S(=O)(=O)C=C3)c1. The van der Waals surface area contributed by atoms with Gasteiger partial charge in [-0.3, -0.25) is 4.72 Å². The molecular formula is C15H13NO4S2. The molecule has 1 heterocycles. The van der Waals surface area contributed by atoms with Gasteiger partial charge in [-0.15, -0.1) is 0 Å².